The smallest absolute Gasteiger partial charge is 0.350 e. The first kappa shape index (κ1) is 34.2. The van der Waals surface area contributed by atoms with E-state index in [-0.39, 0.29) is 31.5 Å². The highest BCUT2D eigenvalue weighted by molar-refractivity contribution is 6.35. The molecule has 1 unspecified atom stereocenters. The van der Waals surface area contributed by atoms with E-state index in [2.05, 4.69) is 20.1 Å². The molecule has 0 amide bonds. The van der Waals surface area contributed by atoms with Crippen molar-refractivity contribution >= 4 is 34.6 Å². The Morgan fingerprint density at radius 1 is 1.02 bits per heavy atom. The summed E-state index contributed by atoms with van der Waals surface area (Å²) in [5.41, 5.74) is 2.92. The number of hydrogen-bond donors (Lipinski definition) is 0. The first-order chi connectivity index (χ1) is 24.2. The van der Waals surface area contributed by atoms with Crippen LogP contribution in [0.25, 0.3) is 5.69 Å². The number of nitrogens with zero attached hydrogens (tertiary/aromatic N) is 8. The molecule has 2 aliphatic heterocycles. The average molecular weight is 722 g/mol. The fourth-order valence-electron chi connectivity index (χ4n) is 6.38. The van der Waals surface area contributed by atoms with Gasteiger partial charge in [-0.3, -0.25) is 0 Å². The number of benzene rings is 3. The largest absolute Gasteiger partial charge is 0.627 e. The van der Waals surface area contributed by atoms with Gasteiger partial charge in [-0.05, 0) is 61.9 Å². The number of ether oxygens (including phenoxy) is 3. The van der Waals surface area contributed by atoms with Gasteiger partial charge in [-0.1, -0.05) is 36.2 Å². The number of anilines is 1. The summed E-state index contributed by atoms with van der Waals surface area (Å²) in [5.74, 6) is -0.581. The Hall–Kier alpha value is -4.24. The van der Waals surface area contributed by atoms with Gasteiger partial charge in [-0.25, -0.2) is 23.7 Å². The molecule has 2 fully saturated rings. The standard InChI is InChI=1S/C35H38Cl2N8O5/c1-3-25(2)44-34(46)43(24-40-44)28-7-5-27(6-8-28)41-14-16-45(47,17-15-41)29-9-11-30(12-10-29)48-19-31-20-49-35(50-31,21-42-23-38-22-39-42)32-13-4-26(36)18-33(32)37/h4-13,18,22-25,31H,3,14-17,19-21H2,1-2H3/t25?,31-,35-/m0/s1. The minimum absolute atomic E-state index is 0.0344. The van der Waals surface area contributed by atoms with E-state index in [1.807, 2.05) is 62.4 Å². The van der Waals surface area contributed by atoms with Gasteiger partial charge in [0.15, 0.2) is 0 Å². The molecular weight excluding hydrogens is 683 g/mol. The third-order valence-corrected chi connectivity index (χ3v) is 9.99. The monoisotopic (exact) mass is 720 g/mol. The molecule has 0 spiro atoms. The quantitative estimate of drug-likeness (QED) is 0.127. The van der Waals surface area contributed by atoms with Gasteiger partial charge in [0.2, 0.25) is 5.79 Å². The van der Waals surface area contributed by atoms with Crippen molar-refractivity contribution in [2.24, 2.45) is 0 Å². The van der Waals surface area contributed by atoms with Gasteiger partial charge in [0.25, 0.3) is 0 Å². The van der Waals surface area contributed by atoms with Crippen LogP contribution in [0.2, 0.25) is 10.0 Å². The minimum atomic E-state index is -1.20. The van der Waals surface area contributed by atoms with Crippen LogP contribution in [0.1, 0.15) is 31.9 Å². The maximum Gasteiger partial charge on any atom is 0.350 e. The summed E-state index contributed by atoms with van der Waals surface area (Å²) in [6.07, 6.45) is 5.02. The summed E-state index contributed by atoms with van der Waals surface area (Å²) in [7, 11) is 0. The van der Waals surface area contributed by atoms with Crippen molar-refractivity contribution in [2.75, 3.05) is 44.3 Å². The summed E-state index contributed by atoms with van der Waals surface area (Å²) in [6.45, 7) is 6.73. The maximum atomic E-state index is 13.9. The van der Waals surface area contributed by atoms with E-state index in [4.69, 9.17) is 37.4 Å². The Morgan fingerprint density at radius 2 is 1.76 bits per heavy atom. The van der Waals surface area contributed by atoms with Crippen molar-refractivity contribution in [1.82, 2.24) is 33.8 Å². The second-order valence-corrected chi connectivity index (χ2v) is 13.5. The van der Waals surface area contributed by atoms with Crippen LogP contribution in [0, 0.1) is 5.21 Å². The molecule has 0 N–H and O–H groups in total. The van der Waals surface area contributed by atoms with E-state index < -0.39 is 16.5 Å². The second kappa shape index (κ2) is 14.2. The Balaban J connectivity index is 0.947. The SMILES string of the molecule is CCC(C)n1ncn(-c2ccc(N3CC[N+]([O-])(c4ccc(OC[C@H]5CO[C@](Cn6cncn6)(c6ccc(Cl)cc6Cl)O5)cc4)CC3)cc2)c1=O. The Kier molecular flexibility index (Phi) is 9.70. The molecule has 3 atom stereocenters. The van der Waals surface area contributed by atoms with Crippen molar-refractivity contribution in [2.45, 2.75) is 44.7 Å². The summed E-state index contributed by atoms with van der Waals surface area (Å²) in [6, 6.07) is 20.3. The number of quaternary nitrogens is 1. The van der Waals surface area contributed by atoms with E-state index in [0.717, 1.165) is 17.8 Å². The molecule has 2 saturated heterocycles. The number of hydroxylamine groups is 2. The highest BCUT2D eigenvalue weighted by Gasteiger charge is 2.45. The number of aromatic nitrogens is 6. The molecular formula is C35H38Cl2N8O5. The lowest BCUT2D eigenvalue weighted by atomic mass is 10.1. The summed E-state index contributed by atoms with van der Waals surface area (Å²) in [5, 5.41) is 23.3. The number of halogens is 2. The van der Waals surface area contributed by atoms with Gasteiger partial charge in [0, 0.05) is 28.4 Å². The lowest BCUT2D eigenvalue weighted by molar-refractivity contribution is -0.190. The van der Waals surface area contributed by atoms with Crippen LogP contribution in [0.4, 0.5) is 11.4 Å². The molecule has 0 bridgehead atoms. The maximum absolute atomic E-state index is 13.9. The van der Waals surface area contributed by atoms with Crippen LogP contribution in [0.5, 0.6) is 5.75 Å². The number of piperazine rings is 1. The van der Waals surface area contributed by atoms with Crippen molar-refractivity contribution in [3.63, 3.8) is 0 Å². The van der Waals surface area contributed by atoms with Crippen LogP contribution < -0.4 is 20.0 Å². The molecule has 262 valence electrons. The van der Waals surface area contributed by atoms with Gasteiger partial charge < -0.3 is 29.0 Å². The van der Waals surface area contributed by atoms with E-state index in [0.29, 0.717) is 53.2 Å². The Labute approximate surface area is 299 Å². The third kappa shape index (κ3) is 6.89. The van der Waals surface area contributed by atoms with Gasteiger partial charge in [0.05, 0.1) is 36.4 Å². The molecule has 0 radical (unpaired) electrons. The Morgan fingerprint density at radius 3 is 2.44 bits per heavy atom. The van der Waals surface area contributed by atoms with E-state index in [1.54, 1.807) is 40.1 Å². The molecule has 15 heteroatoms. The van der Waals surface area contributed by atoms with Crippen LogP contribution in [0.3, 0.4) is 0 Å². The zero-order valence-electron chi connectivity index (χ0n) is 27.8. The van der Waals surface area contributed by atoms with Gasteiger partial charge in [-0.2, -0.15) is 10.2 Å². The molecule has 50 heavy (non-hydrogen) atoms. The molecule has 0 saturated carbocycles. The lowest BCUT2D eigenvalue weighted by Gasteiger charge is -2.48. The summed E-state index contributed by atoms with van der Waals surface area (Å²) in [4.78, 5) is 19.0. The molecule has 2 aliphatic rings. The van der Waals surface area contributed by atoms with Gasteiger partial charge >= 0.3 is 5.69 Å². The highest BCUT2D eigenvalue weighted by Crippen LogP contribution is 2.40. The predicted molar refractivity (Wildman–Crippen MR) is 191 cm³/mol. The van der Waals surface area contributed by atoms with Crippen LogP contribution in [-0.2, 0) is 21.8 Å². The highest BCUT2D eigenvalue weighted by atomic mass is 35.5. The molecule has 0 aliphatic carbocycles. The molecule has 2 aromatic heterocycles. The van der Waals surface area contributed by atoms with Crippen molar-refractivity contribution in [3.05, 3.63) is 117 Å². The normalized spacial score (nSPS) is 21.0. The average Bonchev–Trinajstić information content (AvgIpc) is 3.89. The number of rotatable bonds is 11. The summed E-state index contributed by atoms with van der Waals surface area (Å²) >= 11 is 12.7. The zero-order chi connectivity index (χ0) is 34.9. The fourth-order valence-corrected chi connectivity index (χ4v) is 6.94. The predicted octanol–water partition coefficient (Wildman–Crippen LogP) is 5.58. The Bertz CT molecular complexity index is 1960. The van der Waals surface area contributed by atoms with Gasteiger partial charge in [0.1, 0.15) is 62.8 Å². The molecule has 7 rings (SSSR count). The first-order valence-corrected chi connectivity index (χ1v) is 17.3. The molecule has 4 heterocycles. The van der Waals surface area contributed by atoms with Crippen molar-refractivity contribution in [3.8, 4) is 11.4 Å². The third-order valence-electron chi connectivity index (χ3n) is 9.44. The van der Waals surface area contributed by atoms with E-state index in [9.17, 15) is 10.0 Å². The van der Waals surface area contributed by atoms with E-state index >= 15 is 0 Å². The first-order valence-electron chi connectivity index (χ1n) is 16.6. The number of hydrogen-bond acceptors (Lipinski definition) is 9. The van der Waals surface area contributed by atoms with Crippen LogP contribution in [-0.4, -0.2) is 74.6 Å². The van der Waals surface area contributed by atoms with Crippen LogP contribution in [0.15, 0.2) is 90.5 Å². The van der Waals surface area contributed by atoms with Crippen molar-refractivity contribution in [1.29, 1.82) is 0 Å². The fraction of sp³-hybridized carbons (Fsp3) is 0.371. The zero-order valence-corrected chi connectivity index (χ0v) is 29.3. The lowest BCUT2D eigenvalue weighted by Crippen LogP contribution is -2.57. The van der Waals surface area contributed by atoms with Crippen LogP contribution >= 0.6 is 23.2 Å². The van der Waals surface area contributed by atoms with Crippen molar-refractivity contribution < 1.29 is 14.2 Å². The topological polar surface area (TPSA) is 125 Å². The molecule has 13 nitrogen and oxygen atoms in total. The minimum Gasteiger partial charge on any atom is -0.627 e. The van der Waals surface area contributed by atoms with E-state index in [1.165, 1.54) is 11.0 Å². The molecule has 3 aromatic carbocycles. The molecule has 5 aromatic rings. The van der Waals surface area contributed by atoms with Gasteiger partial charge in [-0.15, -0.1) is 0 Å². The second-order valence-electron chi connectivity index (χ2n) is 12.7. The summed E-state index contributed by atoms with van der Waals surface area (Å²) < 4.78 is 23.0.